The molecule has 3 rings (SSSR count). The van der Waals surface area contributed by atoms with Gasteiger partial charge in [-0.15, -0.1) is 11.3 Å². The van der Waals surface area contributed by atoms with Crippen molar-refractivity contribution in [3.8, 4) is 0 Å². The Hall–Kier alpha value is -1.24. The lowest BCUT2D eigenvalue weighted by molar-refractivity contribution is 0.0800. The summed E-state index contributed by atoms with van der Waals surface area (Å²) in [5.74, 6) is 0.767. The van der Waals surface area contributed by atoms with E-state index >= 15 is 0 Å². The predicted molar refractivity (Wildman–Crippen MR) is 87.1 cm³/mol. The van der Waals surface area contributed by atoms with Crippen LogP contribution in [-0.4, -0.2) is 40.0 Å². The summed E-state index contributed by atoms with van der Waals surface area (Å²) in [6, 6.07) is 0. The maximum atomic E-state index is 12.3. The number of aromatic amines is 1. The summed E-state index contributed by atoms with van der Waals surface area (Å²) in [4.78, 5) is 24.4. The fourth-order valence-electron chi connectivity index (χ4n) is 2.87. The van der Waals surface area contributed by atoms with Crippen molar-refractivity contribution in [2.24, 2.45) is 0 Å². The van der Waals surface area contributed by atoms with E-state index in [0.717, 1.165) is 41.2 Å². The van der Waals surface area contributed by atoms with E-state index in [1.165, 1.54) is 4.88 Å². The molecule has 0 atom stereocenters. The minimum Gasteiger partial charge on any atom is -0.314 e. The number of rotatable bonds is 2. The summed E-state index contributed by atoms with van der Waals surface area (Å²) in [6.45, 7) is 12.1. The maximum Gasteiger partial charge on any atom is 0.259 e. The molecule has 5 nitrogen and oxygen atoms in total. The van der Waals surface area contributed by atoms with Crippen LogP contribution < -0.4 is 10.9 Å². The van der Waals surface area contributed by atoms with Crippen LogP contribution in [0.4, 0.5) is 0 Å². The van der Waals surface area contributed by atoms with E-state index in [2.05, 4.69) is 34.0 Å². The molecular formula is C15H22N4OS. The number of H-pyrrole nitrogens is 1. The molecule has 0 aromatic carbocycles. The fraction of sp³-hybridized carbons (Fsp3) is 0.600. The van der Waals surface area contributed by atoms with E-state index in [1.807, 2.05) is 13.8 Å². The summed E-state index contributed by atoms with van der Waals surface area (Å²) >= 11 is 1.61. The van der Waals surface area contributed by atoms with Crippen LogP contribution in [0.5, 0.6) is 0 Å². The van der Waals surface area contributed by atoms with Crippen molar-refractivity contribution < 1.29 is 0 Å². The third-order valence-electron chi connectivity index (χ3n) is 4.40. The highest BCUT2D eigenvalue weighted by Gasteiger charge is 2.30. The molecule has 114 valence electrons. The largest absolute Gasteiger partial charge is 0.314 e. The van der Waals surface area contributed by atoms with Crippen LogP contribution in [0.1, 0.15) is 30.1 Å². The first-order valence-electron chi connectivity index (χ1n) is 7.33. The van der Waals surface area contributed by atoms with Gasteiger partial charge in [0, 0.05) is 30.1 Å². The standard InChI is InChI=1S/C15H22N4OS/c1-9-10(2)21-14-12(9)13(20)17-11(18-14)7-19-6-5-16-8-15(19,3)4/h16H,5-8H2,1-4H3,(H,17,18,20). The van der Waals surface area contributed by atoms with E-state index in [1.54, 1.807) is 11.3 Å². The van der Waals surface area contributed by atoms with Gasteiger partial charge in [0.15, 0.2) is 0 Å². The number of hydrogen-bond donors (Lipinski definition) is 2. The predicted octanol–water partition coefficient (Wildman–Crippen LogP) is 1.79. The van der Waals surface area contributed by atoms with Crippen LogP contribution in [-0.2, 0) is 6.54 Å². The minimum absolute atomic E-state index is 0.00945. The lowest BCUT2D eigenvalue weighted by Gasteiger charge is -2.42. The monoisotopic (exact) mass is 306 g/mol. The van der Waals surface area contributed by atoms with Crippen LogP contribution >= 0.6 is 11.3 Å². The summed E-state index contributed by atoms with van der Waals surface area (Å²) in [5, 5.41) is 4.16. The average molecular weight is 306 g/mol. The fourth-order valence-corrected chi connectivity index (χ4v) is 3.92. The maximum absolute atomic E-state index is 12.3. The summed E-state index contributed by atoms with van der Waals surface area (Å²) in [7, 11) is 0. The number of aryl methyl sites for hydroxylation is 2. The van der Waals surface area contributed by atoms with Gasteiger partial charge >= 0.3 is 0 Å². The molecule has 0 saturated carbocycles. The van der Waals surface area contributed by atoms with Gasteiger partial charge in [0.1, 0.15) is 10.7 Å². The smallest absolute Gasteiger partial charge is 0.259 e. The van der Waals surface area contributed by atoms with Crippen molar-refractivity contribution in [2.75, 3.05) is 19.6 Å². The molecule has 0 aliphatic carbocycles. The van der Waals surface area contributed by atoms with Crippen LogP contribution in [0.2, 0.25) is 0 Å². The first kappa shape index (κ1) is 14.7. The first-order valence-corrected chi connectivity index (χ1v) is 8.15. The molecular weight excluding hydrogens is 284 g/mol. The third kappa shape index (κ3) is 2.63. The van der Waals surface area contributed by atoms with Crippen molar-refractivity contribution >= 4 is 21.6 Å². The first-order chi connectivity index (χ1) is 9.88. The molecule has 6 heteroatoms. The Morgan fingerprint density at radius 2 is 2.14 bits per heavy atom. The van der Waals surface area contributed by atoms with Crippen LogP contribution in [0.3, 0.4) is 0 Å². The molecule has 1 aliphatic heterocycles. The second-order valence-corrected chi connectivity index (χ2v) is 7.59. The number of fused-ring (bicyclic) bond motifs is 1. The van der Waals surface area contributed by atoms with Crippen molar-refractivity contribution in [1.29, 1.82) is 0 Å². The second kappa shape index (κ2) is 5.19. The molecule has 2 aromatic heterocycles. The van der Waals surface area contributed by atoms with Crippen molar-refractivity contribution in [3.63, 3.8) is 0 Å². The SMILES string of the molecule is Cc1sc2nc(CN3CCNCC3(C)C)[nH]c(=O)c2c1C. The van der Waals surface area contributed by atoms with Gasteiger partial charge in [-0.05, 0) is 33.3 Å². The van der Waals surface area contributed by atoms with Crippen molar-refractivity contribution in [2.45, 2.75) is 39.8 Å². The van der Waals surface area contributed by atoms with Gasteiger partial charge in [-0.25, -0.2) is 4.98 Å². The number of nitrogens with one attached hydrogen (secondary N) is 2. The van der Waals surface area contributed by atoms with E-state index in [-0.39, 0.29) is 11.1 Å². The molecule has 1 saturated heterocycles. The molecule has 0 spiro atoms. The van der Waals surface area contributed by atoms with Crippen LogP contribution in [0, 0.1) is 13.8 Å². The Morgan fingerprint density at radius 3 is 2.86 bits per heavy atom. The number of hydrogen-bond acceptors (Lipinski definition) is 5. The van der Waals surface area contributed by atoms with Gasteiger partial charge in [-0.3, -0.25) is 9.69 Å². The highest BCUT2D eigenvalue weighted by molar-refractivity contribution is 7.18. The van der Waals surface area contributed by atoms with Gasteiger partial charge in [0.25, 0.3) is 5.56 Å². The van der Waals surface area contributed by atoms with Gasteiger partial charge < -0.3 is 10.3 Å². The molecule has 0 amide bonds. The summed E-state index contributed by atoms with van der Waals surface area (Å²) in [5.41, 5.74) is 1.12. The van der Waals surface area contributed by atoms with Gasteiger partial charge in [0.2, 0.25) is 0 Å². The molecule has 21 heavy (non-hydrogen) atoms. The van der Waals surface area contributed by atoms with E-state index < -0.39 is 0 Å². The Morgan fingerprint density at radius 1 is 1.38 bits per heavy atom. The van der Waals surface area contributed by atoms with Gasteiger partial charge in [0.05, 0.1) is 11.9 Å². The summed E-state index contributed by atoms with van der Waals surface area (Å²) in [6.07, 6.45) is 0. The molecule has 0 unspecified atom stereocenters. The highest BCUT2D eigenvalue weighted by Crippen LogP contribution is 2.26. The Kier molecular flexibility index (Phi) is 3.63. The number of thiophene rings is 1. The molecule has 1 aliphatic rings. The number of aromatic nitrogens is 2. The molecule has 2 N–H and O–H groups in total. The zero-order valence-corrected chi connectivity index (χ0v) is 13.9. The van der Waals surface area contributed by atoms with Crippen LogP contribution in [0.25, 0.3) is 10.2 Å². The highest BCUT2D eigenvalue weighted by atomic mass is 32.1. The second-order valence-electron chi connectivity index (χ2n) is 6.39. The summed E-state index contributed by atoms with van der Waals surface area (Å²) < 4.78 is 0. The number of nitrogens with zero attached hydrogens (tertiary/aromatic N) is 2. The van der Waals surface area contributed by atoms with E-state index in [4.69, 9.17) is 0 Å². The van der Waals surface area contributed by atoms with Crippen molar-refractivity contribution in [1.82, 2.24) is 20.2 Å². The zero-order chi connectivity index (χ0) is 15.2. The molecule has 2 aromatic rings. The number of piperazine rings is 1. The Bertz CT molecular complexity index is 731. The normalized spacial score (nSPS) is 19.2. The third-order valence-corrected chi connectivity index (χ3v) is 5.50. The van der Waals surface area contributed by atoms with Gasteiger partial charge in [-0.2, -0.15) is 0 Å². The average Bonchev–Trinajstić information content (AvgIpc) is 2.68. The lowest BCUT2D eigenvalue weighted by Crippen LogP contribution is -2.57. The topological polar surface area (TPSA) is 61.0 Å². The zero-order valence-electron chi connectivity index (χ0n) is 13.0. The Labute approximate surface area is 128 Å². The van der Waals surface area contributed by atoms with E-state index in [0.29, 0.717) is 6.54 Å². The lowest BCUT2D eigenvalue weighted by atomic mass is 10.0. The quantitative estimate of drug-likeness (QED) is 0.888. The van der Waals surface area contributed by atoms with E-state index in [9.17, 15) is 4.79 Å². The van der Waals surface area contributed by atoms with Crippen LogP contribution in [0.15, 0.2) is 4.79 Å². The minimum atomic E-state index is -0.00945. The molecule has 0 radical (unpaired) electrons. The van der Waals surface area contributed by atoms with Crippen molar-refractivity contribution in [3.05, 3.63) is 26.6 Å². The van der Waals surface area contributed by atoms with Gasteiger partial charge in [-0.1, -0.05) is 0 Å². The molecule has 1 fully saturated rings. The molecule has 3 heterocycles. The Balaban J connectivity index is 1.96. The molecule has 0 bridgehead atoms.